The quantitative estimate of drug-likeness (QED) is 0.928. The van der Waals surface area contributed by atoms with Gasteiger partial charge in [-0.15, -0.1) is 0 Å². The van der Waals surface area contributed by atoms with Gasteiger partial charge in [-0.05, 0) is 17.7 Å². The average Bonchev–Trinajstić information content (AvgIpc) is 2.60. The van der Waals surface area contributed by atoms with Crippen molar-refractivity contribution in [3.05, 3.63) is 41.5 Å². The predicted octanol–water partition coefficient (Wildman–Crippen LogP) is 3.12. The summed E-state index contributed by atoms with van der Waals surface area (Å²) in [7, 11) is 4.45. The topological polar surface area (TPSA) is 74.2 Å². The average molecular weight is 330 g/mol. The maximum Gasteiger partial charge on any atom is 0.204 e. The molecule has 24 heavy (non-hydrogen) atoms. The van der Waals surface area contributed by atoms with Crippen molar-refractivity contribution >= 4 is 5.78 Å². The molecule has 126 valence electrons. The van der Waals surface area contributed by atoms with E-state index in [1.165, 1.54) is 14.2 Å². The molecule has 6 nitrogen and oxygen atoms in total. The molecule has 2 aromatic carbocycles. The van der Waals surface area contributed by atoms with E-state index < -0.39 is 6.10 Å². The fourth-order valence-corrected chi connectivity index (χ4v) is 2.78. The molecule has 0 aliphatic carbocycles. The molecule has 0 radical (unpaired) electrons. The van der Waals surface area contributed by atoms with Gasteiger partial charge in [-0.1, -0.05) is 12.1 Å². The minimum atomic E-state index is -0.437. The maximum atomic E-state index is 12.5. The molecule has 0 unspecified atom stereocenters. The van der Waals surface area contributed by atoms with Crippen molar-refractivity contribution in [1.29, 1.82) is 0 Å². The van der Waals surface area contributed by atoms with Crippen LogP contribution in [0.2, 0.25) is 0 Å². The first-order valence-corrected chi connectivity index (χ1v) is 7.40. The van der Waals surface area contributed by atoms with E-state index in [0.717, 1.165) is 11.3 Å². The summed E-state index contributed by atoms with van der Waals surface area (Å²) < 4.78 is 21.4. The lowest BCUT2D eigenvalue weighted by molar-refractivity contribution is 0.0843. The lowest BCUT2D eigenvalue weighted by atomic mass is 9.95. The minimum Gasteiger partial charge on any atom is -0.504 e. The van der Waals surface area contributed by atoms with Crippen LogP contribution in [0.5, 0.6) is 28.7 Å². The van der Waals surface area contributed by atoms with Crippen LogP contribution >= 0.6 is 0 Å². The molecule has 0 spiro atoms. The zero-order chi connectivity index (χ0) is 17.3. The Balaban J connectivity index is 2.00. The Morgan fingerprint density at radius 1 is 1.08 bits per heavy atom. The Bertz CT molecular complexity index is 766. The highest BCUT2D eigenvalue weighted by Gasteiger charge is 2.33. The van der Waals surface area contributed by atoms with E-state index in [0.29, 0.717) is 5.75 Å². The smallest absolute Gasteiger partial charge is 0.204 e. The van der Waals surface area contributed by atoms with Crippen LogP contribution in [0.1, 0.15) is 28.4 Å². The number of phenols is 1. The SMILES string of the molecule is COc1ccc([C@@H]2CC(=O)c3c(cc(OC)c(OC)c3O)O2)cc1. The minimum absolute atomic E-state index is 0.121. The summed E-state index contributed by atoms with van der Waals surface area (Å²) in [6, 6.07) is 8.88. The maximum absolute atomic E-state index is 12.5. The Morgan fingerprint density at radius 2 is 1.79 bits per heavy atom. The number of hydrogen-bond donors (Lipinski definition) is 1. The molecule has 1 atom stereocenters. The van der Waals surface area contributed by atoms with E-state index in [1.807, 2.05) is 24.3 Å². The molecule has 0 amide bonds. The van der Waals surface area contributed by atoms with Crippen LogP contribution in [0.3, 0.4) is 0 Å². The highest BCUT2D eigenvalue weighted by atomic mass is 16.5. The van der Waals surface area contributed by atoms with E-state index in [4.69, 9.17) is 18.9 Å². The van der Waals surface area contributed by atoms with Crippen molar-refractivity contribution in [2.75, 3.05) is 21.3 Å². The summed E-state index contributed by atoms with van der Waals surface area (Å²) >= 11 is 0. The summed E-state index contributed by atoms with van der Waals surface area (Å²) in [6.07, 6.45) is -0.309. The van der Waals surface area contributed by atoms with Crippen LogP contribution in [0.25, 0.3) is 0 Å². The Kier molecular flexibility index (Phi) is 4.20. The number of aromatic hydroxyl groups is 1. The normalized spacial score (nSPS) is 16.1. The predicted molar refractivity (Wildman–Crippen MR) is 86.5 cm³/mol. The Hall–Kier alpha value is -2.89. The molecule has 1 heterocycles. The van der Waals surface area contributed by atoms with Gasteiger partial charge in [0.25, 0.3) is 0 Å². The third-order valence-corrected chi connectivity index (χ3v) is 4.01. The summed E-state index contributed by atoms with van der Waals surface area (Å²) in [5.74, 6) is 0.959. The van der Waals surface area contributed by atoms with Gasteiger partial charge in [0.1, 0.15) is 23.2 Å². The van der Waals surface area contributed by atoms with Crippen LogP contribution in [0.4, 0.5) is 0 Å². The number of ketones is 1. The van der Waals surface area contributed by atoms with E-state index >= 15 is 0 Å². The number of phenolic OH excluding ortho intramolecular Hbond substituents is 1. The van der Waals surface area contributed by atoms with Crippen molar-refractivity contribution in [1.82, 2.24) is 0 Å². The largest absolute Gasteiger partial charge is 0.504 e. The number of ether oxygens (including phenoxy) is 4. The summed E-state index contributed by atoms with van der Waals surface area (Å²) in [6.45, 7) is 0. The molecule has 6 heteroatoms. The number of benzene rings is 2. The van der Waals surface area contributed by atoms with Gasteiger partial charge in [0.05, 0.1) is 27.8 Å². The second kappa shape index (κ2) is 6.31. The van der Waals surface area contributed by atoms with Crippen molar-refractivity contribution < 1.29 is 28.8 Å². The molecule has 0 fully saturated rings. The lowest BCUT2D eigenvalue weighted by Gasteiger charge is -2.27. The van der Waals surface area contributed by atoms with Crippen LogP contribution in [-0.4, -0.2) is 32.2 Å². The number of rotatable bonds is 4. The first-order valence-electron chi connectivity index (χ1n) is 7.40. The molecule has 2 aromatic rings. The Labute approximate surface area is 139 Å². The van der Waals surface area contributed by atoms with Crippen LogP contribution < -0.4 is 18.9 Å². The van der Waals surface area contributed by atoms with Crippen molar-refractivity contribution in [2.45, 2.75) is 12.5 Å². The molecule has 1 N–H and O–H groups in total. The van der Waals surface area contributed by atoms with E-state index in [9.17, 15) is 9.90 Å². The number of Topliss-reactive ketones (excluding diaryl/α,β-unsaturated/α-hetero) is 1. The van der Waals surface area contributed by atoms with Crippen molar-refractivity contribution in [2.24, 2.45) is 0 Å². The van der Waals surface area contributed by atoms with Crippen molar-refractivity contribution in [3.8, 4) is 28.7 Å². The van der Waals surface area contributed by atoms with Gasteiger partial charge in [-0.2, -0.15) is 0 Å². The third-order valence-electron chi connectivity index (χ3n) is 4.01. The molecule has 3 rings (SSSR count). The van der Waals surface area contributed by atoms with E-state index in [-0.39, 0.29) is 35.0 Å². The van der Waals surface area contributed by atoms with Crippen molar-refractivity contribution in [3.63, 3.8) is 0 Å². The first kappa shape index (κ1) is 16.0. The number of hydrogen-bond acceptors (Lipinski definition) is 6. The Morgan fingerprint density at radius 3 is 2.38 bits per heavy atom. The molecule has 0 saturated carbocycles. The van der Waals surface area contributed by atoms with Crippen LogP contribution in [0, 0.1) is 0 Å². The number of methoxy groups -OCH3 is 3. The summed E-state index contributed by atoms with van der Waals surface area (Å²) in [5.41, 5.74) is 0.974. The van der Waals surface area contributed by atoms with Gasteiger partial charge in [0.2, 0.25) is 5.75 Å². The van der Waals surface area contributed by atoms with Crippen LogP contribution in [-0.2, 0) is 0 Å². The first-order chi connectivity index (χ1) is 11.6. The number of carbonyl (C=O) groups excluding carboxylic acids is 1. The van der Waals surface area contributed by atoms with Gasteiger partial charge >= 0.3 is 0 Å². The molecule has 1 aliphatic rings. The number of fused-ring (bicyclic) bond motifs is 1. The molecule has 0 bridgehead atoms. The second-order valence-electron chi connectivity index (χ2n) is 5.34. The van der Waals surface area contributed by atoms with Gasteiger partial charge in [-0.25, -0.2) is 0 Å². The fraction of sp³-hybridized carbons (Fsp3) is 0.278. The number of carbonyl (C=O) groups is 1. The molecule has 0 aromatic heterocycles. The fourth-order valence-electron chi connectivity index (χ4n) is 2.78. The second-order valence-corrected chi connectivity index (χ2v) is 5.34. The highest BCUT2D eigenvalue weighted by molar-refractivity contribution is 6.03. The van der Waals surface area contributed by atoms with Gasteiger partial charge in [-0.3, -0.25) is 4.79 Å². The summed E-state index contributed by atoms with van der Waals surface area (Å²) in [4.78, 5) is 12.5. The van der Waals surface area contributed by atoms with Gasteiger partial charge in [0.15, 0.2) is 17.3 Å². The molecular formula is C18H18O6. The standard InChI is InChI=1S/C18H18O6/c1-21-11-6-4-10(5-7-11)13-8-12(19)16-14(24-13)9-15(22-2)18(23-3)17(16)20/h4-7,9,13,20H,8H2,1-3H3/t13-/m0/s1. The monoisotopic (exact) mass is 330 g/mol. The summed E-state index contributed by atoms with van der Waals surface area (Å²) in [5, 5.41) is 10.3. The van der Waals surface area contributed by atoms with Crippen LogP contribution in [0.15, 0.2) is 30.3 Å². The van der Waals surface area contributed by atoms with Gasteiger partial charge in [0, 0.05) is 6.07 Å². The molecular weight excluding hydrogens is 312 g/mol. The molecule has 0 saturated heterocycles. The lowest BCUT2D eigenvalue weighted by Crippen LogP contribution is -2.20. The van der Waals surface area contributed by atoms with Gasteiger partial charge < -0.3 is 24.1 Å². The van der Waals surface area contributed by atoms with E-state index in [1.54, 1.807) is 13.2 Å². The molecule has 1 aliphatic heterocycles. The van der Waals surface area contributed by atoms with E-state index in [2.05, 4.69) is 0 Å². The zero-order valence-electron chi connectivity index (χ0n) is 13.7. The third kappa shape index (κ3) is 2.60. The zero-order valence-corrected chi connectivity index (χ0v) is 13.7. The highest BCUT2D eigenvalue weighted by Crippen LogP contribution is 2.48.